The highest BCUT2D eigenvalue weighted by Crippen LogP contribution is 2.12. The number of hydrogen-bond acceptors (Lipinski definition) is 3. The van der Waals surface area contributed by atoms with E-state index in [1.165, 1.54) is 6.08 Å². The third-order valence-corrected chi connectivity index (χ3v) is 3.05. The van der Waals surface area contributed by atoms with Gasteiger partial charge in [0.1, 0.15) is 11.5 Å². The van der Waals surface area contributed by atoms with Crippen molar-refractivity contribution in [2.24, 2.45) is 0 Å². The highest BCUT2D eigenvalue weighted by molar-refractivity contribution is 5.98. The minimum Gasteiger partial charge on any atom is -0.466 e. The molecule has 0 atom stereocenters. The average molecular weight is 298 g/mol. The molecule has 0 aliphatic carbocycles. The molecule has 1 heterocycles. The second kappa shape index (κ2) is 6.76. The second-order valence-electron chi connectivity index (χ2n) is 5.02. The van der Waals surface area contributed by atoms with E-state index in [1.807, 2.05) is 31.2 Å². The molecule has 0 aliphatic heterocycles. The van der Waals surface area contributed by atoms with E-state index in [1.54, 1.807) is 26.0 Å². The topological polar surface area (TPSA) is 71.3 Å². The summed E-state index contributed by atoms with van der Waals surface area (Å²) in [7, 11) is 0. The summed E-state index contributed by atoms with van der Waals surface area (Å²) in [4.78, 5) is 23.6. The molecule has 5 nitrogen and oxygen atoms in total. The predicted molar refractivity (Wildman–Crippen MR) is 84.0 cm³/mol. The molecule has 5 heteroatoms. The first-order valence-electron chi connectivity index (χ1n) is 6.88. The Kier molecular flexibility index (Phi) is 4.78. The van der Waals surface area contributed by atoms with Gasteiger partial charge in [-0.15, -0.1) is 0 Å². The SMILES string of the molecule is Cc1cccc(/C=C/C(=O)NNC(=O)c2cc(C)oc2C)c1. The Bertz CT molecular complexity index is 729. The number of hydrazine groups is 1. The highest BCUT2D eigenvalue weighted by atomic mass is 16.3. The zero-order valence-corrected chi connectivity index (χ0v) is 12.8. The van der Waals surface area contributed by atoms with E-state index in [4.69, 9.17) is 4.42 Å². The maximum Gasteiger partial charge on any atom is 0.273 e. The number of hydrogen-bond donors (Lipinski definition) is 2. The van der Waals surface area contributed by atoms with Crippen molar-refractivity contribution < 1.29 is 14.0 Å². The van der Waals surface area contributed by atoms with Gasteiger partial charge in [-0.2, -0.15) is 0 Å². The van der Waals surface area contributed by atoms with Gasteiger partial charge in [0.05, 0.1) is 5.56 Å². The molecule has 1 aromatic carbocycles. The van der Waals surface area contributed by atoms with E-state index >= 15 is 0 Å². The van der Waals surface area contributed by atoms with Crippen LogP contribution < -0.4 is 10.9 Å². The molecular weight excluding hydrogens is 280 g/mol. The second-order valence-corrected chi connectivity index (χ2v) is 5.02. The molecule has 0 spiro atoms. The predicted octanol–water partition coefficient (Wildman–Crippen LogP) is 2.68. The maximum absolute atomic E-state index is 11.9. The Hall–Kier alpha value is -2.82. The number of rotatable bonds is 3. The molecule has 2 amide bonds. The van der Waals surface area contributed by atoms with E-state index < -0.39 is 11.8 Å². The molecule has 2 N–H and O–H groups in total. The first-order chi connectivity index (χ1) is 10.5. The zero-order chi connectivity index (χ0) is 16.1. The molecule has 0 saturated heterocycles. The molecule has 22 heavy (non-hydrogen) atoms. The molecule has 114 valence electrons. The molecule has 1 aromatic heterocycles. The molecule has 0 unspecified atom stereocenters. The normalized spacial score (nSPS) is 10.7. The average Bonchev–Trinajstić information content (AvgIpc) is 2.81. The molecular formula is C17H18N2O3. The third kappa shape index (κ3) is 4.09. The first kappa shape index (κ1) is 15.6. The van der Waals surface area contributed by atoms with Gasteiger partial charge in [0.25, 0.3) is 11.8 Å². The van der Waals surface area contributed by atoms with Gasteiger partial charge in [-0.1, -0.05) is 29.8 Å². The van der Waals surface area contributed by atoms with E-state index in [-0.39, 0.29) is 0 Å². The van der Waals surface area contributed by atoms with Gasteiger partial charge in [0, 0.05) is 6.08 Å². The van der Waals surface area contributed by atoms with Gasteiger partial charge in [0.15, 0.2) is 0 Å². The molecule has 0 fully saturated rings. The molecule has 0 saturated carbocycles. The zero-order valence-electron chi connectivity index (χ0n) is 12.8. The number of furan rings is 1. The summed E-state index contributed by atoms with van der Waals surface area (Å²) in [5, 5.41) is 0. The van der Waals surface area contributed by atoms with Crippen LogP contribution in [0.15, 0.2) is 40.8 Å². The van der Waals surface area contributed by atoms with Crippen molar-refractivity contribution in [1.29, 1.82) is 0 Å². The first-order valence-corrected chi connectivity index (χ1v) is 6.88. The van der Waals surface area contributed by atoms with Crippen LogP contribution in [0.25, 0.3) is 6.08 Å². The lowest BCUT2D eigenvalue weighted by Gasteiger charge is -2.04. The van der Waals surface area contributed by atoms with Crippen LogP contribution in [0.1, 0.15) is 33.0 Å². The smallest absolute Gasteiger partial charge is 0.273 e. The van der Waals surface area contributed by atoms with Crippen LogP contribution in [0.5, 0.6) is 0 Å². The summed E-state index contributed by atoms with van der Waals surface area (Å²) in [5.41, 5.74) is 7.12. The summed E-state index contributed by atoms with van der Waals surface area (Å²) in [6.07, 6.45) is 3.05. The van der Waals surface area contributed by atoms with Crippen LogP contribution in [0.3, 0.4) is 0 Å². The van der Waals surface area contributed by atoms with Crippen LogP contribution in [0.2, 0.25) is 0 Å². The lowest BCUT2D eigenvalue weighted by molar-refractivity contribution is -0.117. The standard InChI is InChI=1S/C17H18N2O3/c1-11-5-4-6-14(9-11)7-8-16(20)18-19-17(21)15-10-12(2)22-13(15)3/h4-10H,1-3H3,(H,18,20)(H,19,21)/b8-7+. The fraction of sp³-hybridized carbons (Fsp3) is 0.176. The van der Waals surface area contributed by atoms with Crippen molar-refractivity contribution in [2.75, 3.05) is 0 Å². The molecule has 2 rings (SSSR count). The number of carbonyl (C=O) groups is 2. The number of benzene rings is 1. The van der Waals surface area contributed by atoms with Gasteiger partial charge in [-0.05, 0) is 38.5 Å². The summed E-state index contributed by atoms with van der Waals surface area (Å²) in [5.74, 6) is 0.340. The van der Waals surface area contributed by atoms with Crippen LogP contribution in [-0.2, 0) is 4.79 Å². The van der Waals surface area contributed by atoms with E-state index in [0.717, 1.165) is 11.1 Å². The van der Waals surface area contributed by atoms with Crippen molar-refractivity contribution in [3.05, 3.63) is 64.6 Å². The van der Waals surface area contributed by atoms with Crippen LogP contribution in [-0.4, -0.2) is 11.8 Å². The highest BCUT2D eigenvalue weighted by Gasteiger charge is 2.13. The summed E-state index contributed by atoms with van der Waals surface area (Å²) in [6.45, 7) is 5.43. The molecule has 2 aromatic rings. The number of nitrogens with one attached hydrogen (secondary N) is 2. The number of amides is 2. The largest absolute Gasteiger partial charge is 0.466 e. The third-order valence-electron chi connectivity index (χ3n) is 3.05. The van der Waals surface area contributed by atoms with Crippen LogP contribution >= 0.6 is 0 Å². The summed E-state index contributed by atoms with van der Waals surface area (Å²) >= 11 is 0. The summed E-state index contributed by atoms with van der Waals surface area (Å²) < 4.78 is 5.27. The lowest BCUT2D eigenvalue weighted by atomic mass is 10.1. The Morgan fingerprint density at radius 1 is 1.09 bits per heavy atom. The molecule has 0 radical (unpaired) electrons. The van der Waals surface area contributed by atoms with Gasteiger partial charge >= 0.3 is 0 Å². The van der Waals surface area contributed by atoms with Gasteiger partial charge in [-0.3, -0.25) is 20.4 Å². The van der Waals surface area contributed by atoms with Gasteiger partial charge < -0.3 is 4.42 Å². The fourth-order valence-corrected chi connectivity index (χ4v) is 2.03. The maximum atomic E-state index is 11.9. The van der Waals surface area contributed by atoms with Crippen molar-refractivity contribution in [3.63, 3.8) is 0 Å². The molecule has 0 bridgehead atoms. The fourth-order valence-electron chi connectivity index (χ4n) is 2.03. The minimum atomic E-state index is -0.411. The Morgan fingerprint density at radius 3 is 2.50 bits per heavy atom. The monoisotopic (exact) mass is 298 g/mol. The van der Waals surface area contributed by atoms with Crippen molar-refractivity contribution in [3.8, 4) is 0 Å². The van der Waals surface area contributed by atoms with E-state index in [0.29, 0.717) is 17.1 Å². The van der Waals surface area contributed by atoms with Crippen molar-refractivity contribution in [1.82, 2.24) is 10.9 Å². The Morgan fingerprint density at radius 2 is 1.86 bits per heavy atom. The lowest BCUT2D eigenvalue weighted by Crippen LogP contribution is -2.40. The summed E-state index contributed by atoms with van der Waals surface area (Å²) in [6, 6.07) is 9.37. The Labute approximate surface area is 129 Å². The number of aryl methyl sites for hydroxylation is 3. The van der Waals surface area contributed by atoms with Gasteiger partial charge in [-0.25, -0.2) is 0 Å². The minimum absolute atomic E-state index is 0.403. The Balaban J connectivity index is 1.90. The van der Waals surface area contributed by atoms with Crippen LogP contribution in [0, 0.1) is 20.8 Å². The quantitative estimate of drug-likeness (QED) is 0.676. The van der Waals surface area contributed by atoms with E-state index in [9.17, 15) is 9.59 Å². The number of carbonyl (C=O) groups excluding carboxylic acids is 2. The van der Waals surface area contributed by atoms with E-state index in [2.05, 4.69) is 10.9 Å². The van der Waals surface area contributed by atoms with Crippen molar-refractivity contribution in [2.45, 2.75) is 20.8 Å². The van der Waals surface area contributed by atoms with Gasteiger partial charge in [0.2, 0.25) is 0 Å². The van der Waals surface area contributed by atoms with Crippen molar-refractivity contribution >= 4 is 17.9 Å². The molecule has 0 aliphatic rings. The van der Waals surface area contributed by atoms with Crippen LogP contribution in [0.4, 0.5) is 0 Å².